The summed E-state index contributed by atoms with van der Waals surface area (Å²) in [5.74, 6) is -0.222. The first-order valence-electron chi connectivity index (χ1n) is 9.49. The molecule has 32 heavy (non-hydrogen) atoms. The molecule has 3 aromatic carbocycles. The van der Waals surface area contributed by atoms with Crippen LogP contribution < -0.4 is 15.4 Å². The summed E-state index contributed by atoms with van der Waals surface area (Å²) in [6, 6.07) is 20.3. The highest BCUT2D eigenvalue weighted by molar-refractivity contribution is 6.31. The van der Waals surface area contributed by atoms with Crippen LogP contribution >= 0.6 is 11.6 Å². The van der Waals surface area contributed by atoms with E-state index in [4.69, 9.17) is 20.8 Å². The predicted octanol–water partition coefficient (Wildman–Crippen LogP) is 4.90. The molecule has 9 heteroatoms. The Morgan fingerprint density at radius 2 is 1.72 bits per heavy atom. The first-order valence-corrected chi connectivity index (χ1v) is 9.86. The van der Waals surface area contributed by atoms with Gasteiger partial charge in [0.05, 0.1) is 12.7 Å². The normalized spacial score (nSPS) is 10.4. The van der Waals surface area contributed by atoms with E-state index in [1.807, 2.05) is 30.3 Å². The number of hydrogen-bond donors (Lipinski definition) is 2. The molecule has 4 aromatic rings. The number of nitrogens with one attached hydrogen (secondary N) is 2. The smallest absolute Gasteiger partial charge is 0.322 e. The Morgan fingerprint density at radius 3 is 2.50 bits per heavy atom. The van der Waals surface area contributed by atoms with Crippen LogP contribution in [0.1, 0.15) is 20.7 Å². The number of benzene rings is 3. The molecule has 0 bridgehead atoms. The average molecular weight is 449 g/mol. The zero-order valence-electron chi connectivity index (χ0n) is 16.8. The van der Waals surface area contributed by atoms with Crippen LogP contribution in [0, 0.1) is 0 Å². The predicted molar refractivity (Wildman–Crippen MR) is 120 cm³/mol. The quantitative estimate of drug-likeness (QED) is 0.434. The van der Waals surface area contributed by atoms with E-state index in [-0.39, 0.29) is 17.5 Å². The maximum Gasteiger partial charge on any atom is 0.322 e. The van der Waals surface area contributed by atoms with Gasteiger partial charge in [0.1, 0.15) is 5.75 Å². The summed E-state index contributed by atoms with van der Waals surface area (Å²) in [5.41, 5.74) is 1.72. The van der Waals surface area contributed by atoms with E-state index < -0.39 is 11.8 Å². The van der Waals surface area contributed by atoms with Crippen molar-refractivity contribution in [3.63, 3.8) is 0 Å². The van der Waals surface area contributed by atoms with E-state index in [1.54, 1.807) is 30.3 Å². The van der Waals surface area contributed by atoms with Gasteiger partial charge in [-0.05, 0) is 48.5 Å². The second-order valence-corrected chi connectivity index (χ2v) is 7.05. The lowest BCUT2D eigenvalue weighted by atomic mass is 10.1. The standard InChI is InChI=1S/C23H17ClN4O4/c1-31-19-11-10-16(24)13-18(19)21(30)25-17-9-5-8-15(12-17)20(29)26-23-28-27-22(32-23)14-6-3-2-4-7-14/h2-13H,1H3,(H,25,30)(H,26,28,29). The van der Waals surface area contributed by atoms with Crippen molar-refractivity contribution in [3.05, 3.63) is 88.9 Å². The van der Waals surface area contributed by atoms with Crippen molar-refractivity contribution in [2.24, 2.45) is 0 Å². The maximum atomic E-state index is 12.7. The average Bonchev–Trinajstić information content (AvgIpc) is 3.28. The molecule has 1 heterocycles. The minimum Gasteiger partial charge on any atom is -0.496 e. The molecular formula is C23H17ClN4O4. The minimum absolute atomic E-state index is 0.0352. The van der Waals surface area contributed by atoms with Crippen molar-refractivity contribution in [1.29, 1.82) is 0 Å². The lowest BCUT2D eigenvalue weighted by Crippen LogP contribution is -2.15. The molecule has 4 rings (SSSR count). The number of methoxy groups -OCH3 is 1. The van der Waals surface area contributed by atoms with Crippen LogP contribution in [0.4, 0.5) is 11.7 Å². The lowest BCUT2D eigenvalue weighted by molar-refractivity contribution is 0.101. The second-order valence-electron chi connectivity index (χ2n) is 6.61. The summed E-state index contributed by atoms with van der Waals surface area (Å²) in [7, 11) is 1.46. The Kier molecular flexibility index (Phi) is 6.14. The molecule has 1 aromatic heterocycles. The van der Waals surface area contributed by atoms with E-state index in [2.05, 4.69) is 20.8 Å². The van der Waals surface area contributed by atoms with Gasteiger partial charge in [-0.15, -0.1) is 5.10 Å². The number of carbonyl (C=O) groups is 2. The largest absolute Gasteiger partial charge is 0.496 e. The lowest BCUT2D eigenvalue weighted by Gasteiger charge is -2.10. The molecule has 0 aliphatic heterocycles. The Hall–Kier alpha value is -4.17. The molecule has 2 amide bonds. The summed E-state index contributed by atoms with van der Waals surface area (Å²) in [5, 5.41) is 13.5. The third kappa shape index (κ3) is 4.76. The van der Waals surface area contributed by atoms with Gasteiger partial charge in [0, 0.05) is 21.8 Å². The minimum atomic E-state index is -0.468. The zero-order valence-corrected chi connectivity index (χ0v) is 17.6. The first-order chi connectivity index (χ1) is 15.5. The number of anilines is 2. The van der Waals surface area contributed by atoms with Gasteiger partial charge in [-0.2, -0.15) is 0 Å². The molecule has 2 N–H and O–H groups in total. The summed E-state index contributed by atoms with van der Waals surface area (Å²) < 4.78 is 10.7. The zero-order chi connectivity index (χ0) is 22.5. The molecule has 0 saturated carbocycles. The molecule has 160 valence electrons. The van der Waals surface area contributed by atoms with Crippen molar-refractivity contribution in [1.82, 2.24) is 10.2 Å². The molecule has 0 radical (unpaired) electrons. The van der Waals surface area contributed by atoms with Crippen molar-refractivity contribution in [2.45, 2.75) is 0 Å². The van der Waals surface area contributed by atoms with Crippen LogP contribution in [0.2, 0.25) is 5.02 Å². The van der Waals surface area contributed by atoms with Crippen molar-refractivity contribution in [3.8, 4) is 17.2 Å². The molecule has 0 aliphatic carbocycles. The fourth-order valence-electron chi connectivity index (χ4n) is 2.93. The number of hydrogen-bond acceptors (Lipinski definition) is 6. The van der Waals surface area contributed by atoms with Crippen LogP contribution in [0.5, 0.6) is 5.75 Å². The number of aromatic nitrogens is 2. The maximum absolute atomic E-state index is 12.7. The highest BCUT2D eigenvalue weighted by Crippen LogP contribution is 2.24. The number of halogens is 1. The van der Waals surface area contributed by atoms with Crippen LogP contribution in [0.3, 0.4) is 0 Å². The molecule has 0 saturated heterocycles. The third-order valence-electron chi connectivity index (χ3n) is 4.45. The van der Waals surface area contributed by atoms with Gasteiger partial charge in [0.25, 0.3) is 11.8 Å². The Balaban J connectivity index is 1.47. The fraction of sp³-hybridized carbons (Fsp3) is 0.0435. The number of rotatable bonds is 6. The summed E-state index contributed by atoms with van der Waals surface area (Å²) >= 11 is 6.00. The van der Waals surface area contributed by atoms with Crippen LogP contribution in [-0.2, 0) is 0 Å². The van der Waals surface area contributed by atoms with Gasteiger partial charge in [-0.25, -0.2) is 0 Å². The summed E-state index contributed by atoms with van der Waals surface area (Å²) in [6.45, 7) is 0. The van der Waals surface area contributed by atoms with Gasteiger partial charge >= 0.3 is 6.01 Å². The Labute approximate surface area is 188 Å². The van der Waals surface area contributed by atoms with Gasteiger partial charge in [0.15, 0.2) is 0 Å². The van der Waals surface area contributed by atoms with Crippen molar-refractivity contribution in [2.75, 3.05) is 17.7 Å². The molecule has 0 unspecified atom stereocenters. The Morgan fingerprint density at radius 1 is 0.906 bits per heavy atom. The SMILES string of the molecule is COc1ccc(Cl)cc1C(=O)Nc1cccc(C(=O)Nc2nnc(-c3ccccc3)o2)c1. The van der Waals surface area contributed by atoms with Gasteiger partial charge in [-0.3, -0.25) is 14.9 Å². The topological polar surface area (TPSA) is 106 Å². The molecule has 0 aliphatic rings. The highest BCUT2D eigenvalue weighted by atomic mass is 35.5. The summed E-state index contributed by atoms with van der Waals surface area (Å²) in [4.78, 5) is 25.3. The number of nitrogens with zero attached hydrogens (tertiary/aromatic N) is 2. The fourth-order valence-corrected chi connectivity index (χ4v) is 3.11. The van der Waals surface area contributed by atoms with E-state index in [0.717, 1.165) is 5.56 Å². The van der Waals surface area contributed by atoms with Crippen molar-refractivity contribution < 1.29 is 18.7 Å². The van der Waals surface area contributed by atoms with Crippen LogP contribution in [-0.4, -0.2) is 29.1 Å². The second kappa shape index (κ2) is 9.32. The van der Waals surface area contributed by atoms with Crippen LogP contribution in [0.15, 0.2) is 77.2 Å². The molecule has 8 nitrogen and oxygen atoms in total. The van der Waals surface area contributed by atoms with Crippen LogP contribution in [0.25, 0.3) is 11.5 Å². The number of amides is 2. The highest BCUT2D eigenvalue weighted by Gasteiger charge is 2.16. The third-order valence-corrected chi connectivity index (χ3v) is 4.69. The molecule has 0 fully saturated rings. The van der Waals surface area contributed by atoms with Crippen molar-refractivity contribution >= 4 is 35.1 Å². The molecule has 0 atom stereocenters. The molecule has 0 spiro atoms. The number of ether oxygens (including phenoxy) is 1. The molecular weight excluding hydrogens is 432 g/mol. The van der Waals surface area contributed by atoms with E-state index >= 15 is 0 Å². The van der Waals surface area contributed by atoms with E-state index in [0.29, 0.717) is 22.0 Å². The van der Waals surface area contributed by atoms with E-state index in [1.165, 1.54) is 19.2 Å². The number of carbonyl (C=O) groups excluding carboxylic acids is 2. The monoisotopic (exact) mass is 448 g/mol. The Bertz CT molecular complexity index is 1270. The van der Waals surface area contributed by atoms with Gasteiger partial charge < -0.3 is 14.5 Å². The first kappa shape index (κ1) is 21.1. The van der Waals surface area contributed by atoms with Gasteiger partial charge in [-0.1, -0.05) is 41.0 Å². The summed E-state index contributed by atoms with van der Waals surface area (Å²) in [6.07, 6.45) is 0. The van der Waals surface area contributed by atoms with E-state index in [9.17, 15) is 9.59 Å². The van der Waals surface area contributed by atoms with Gasteiger partial charge in [0.2, 0.25) is 5.89 Å².